The molecule has 0 saturated heterocycles. The van der Waals surface area contributed by atoms with E-state index in [0.717, 1.165) is 10.9 Å². The fourth-order valence-electron chi connectivity index (χ4n) is 3.69. The Labute approximate surface area is 214 Å². The standard InChI is InChI=1S/C28H28FN5O3/c1-5-26(35)31-23-15-22(24(36-4)16-25(23)37-13-12-34(2)3)32-28-30-17-19-9-7-11-21(27(19)33-28)18-8-6-10-20(29)14-18/h5-11,14-17H,1,12-13H2,2-4H3,(H,31,35)(H,30,32,33). The van der Waals surface area contributed by atoms with Gasteiger partial charge in [-0.3, -0.25) is 4.79 Å². The number of rotatable bonds is 10. The van der Waals surface area contributed by atoms with Crippen LogP contribution in [0.5, 0.6) is 11.5 Å². The molecule has 0 saturated carbocycles. The number of hydrogen-bond acceptors (Lipinski definition) is 7. The highest BCUT2D eigenvalue weighted by Gasteiger charge is 2.16. The first kappa shape index (κ1) is 25.6. The van der Waals surface area contributed by atoms with Gasteiger partial charge in [-0.2, -0.15) is 0 Å². The van der Waals surface area contributed by atoms with Gasteiger partial charge >= 0.3 is 0 Å². The van der Waals surface area contributed by atoms with Crippen LogP contribution in [0, 0.1) is 5.82 Å². The summed E-state index contributed by atoms with van der Waals surface area (Å²) in [5.41, 5.74) is 3.10. The highest BCUT2D eigenvalue weighted by atomic mass is 19.1. The molecule has 0 bridgehead atoms. The lowest BCUT2D eigenvalue weighted by atomic mass is 10.0. The number of carbonyl (C=O) groups is 1. The highest BCUT2D eigenvalue weighted by Crippen LogP contribution is 2.38. The van der Waals surface area contributed by atoms with Crippen LogP contribution in [0.15, 0.2) is 73.4 Å². The SMILES string of the molecule is C=CC(=O)Nc1cc(Nc2ncc3cccc(-c4cccc(F)c4)c3n2)c(OC)cc1OCCN(C)C. The maximum absolute atomic E-state index is 13.9. The molecule has 0 spiro atoms. The molecule has 0 aliphatic carbocycles. The van der Waals surface area contributed by atoms with Crippen LogP contribution in [0.2, 0.25) is 0 Å². The fourth-order valence-corrected chi connectivity index (χ4v) is 3.69. The second-order valence-electron chi connectivity index (χ2n) is 8.47. The molecule has 3 aromatic carbocycles. The molecule has 0 radical (unpaired) electrons. The largest absolute Gasteiger partial charge is 0.494 e. The Bertz CT molecular complexity index is 1440. The number of benzene rings is 3. The van der Waals surface area contributed by atoms with E-state index in [9.17, 15) is 9.18 Å². The third-order valence-electron chi connectivity index (χ3n) is 5.53. The van der Waals surface area contributed by atoms with Crippen LogP contribution in [0.3, 0.4) is 0 Å². The van der Waals surface area contributed by atoms with Crippen molar-refractivity contribution in [3.63, 3.8) is 0 Å². The fraction of sp³-hybridized carbons (Fsp3) is 0.179. The first-order valence-corrected chi connectivity index (χ1v) is 11.6. The van der Waals surface area contributed by atoms with Crippen molar-refractivity contribution >= 4 is 34.1 Å². The lowest BCUT2D eigenvalue weighted by Crippen LogP contribution is -2.20. The molecule has 2 N–H and O–H groups in total. The van der Waals surface area contributed by atoms with Crippen molar-refractivity contribution < 1.29 is 18.7 Å². The number of likely N-dealkylation sites (N-methyl/N-ethyl adjacent to an activating group) is 1. The smallest absolute Gasteiger partial charge is 0.247 e. The Morgan fingerprint density at radius 2 is 1.92 bits per heavy atom. The topological polar surface area (TPSA) is 88.6 Å². The predicted octanol–water partition coefficient (Wildman–Crippen LogP) is 5.25. The maximum atomic E-state index is 13.9. The molecule has 190 valence electrons. The van der Waals surface area contributed by atoms with Gasteiger partial charge in [-0.15, -0.1) is 0 Å². The normalized spacial score (nSPS) is 10.8. The Hall–Kier alpha value is -4.50. The summed E-state index contributed by atoms with van der Waals surface area (Å²) < 4.78 is 25.4. The lowest BCUT2D eigenvalue weighted by molar-refractivity contribution is -0.111. The van der Waals surface area contributed by atoms with E-state index in [4.69, 9.17) is 14.5 Å². The van der Waals surface area contributed by atoms with E-state index in [2.05, 4.69) is 22.2 Å². The zero-order valence-electron chi connectivity index (χ0n) is 20.9. The molecule has 1 amide bonds. The number of carbonyl (C=O) groups excluding carboxylic acids is 1. The van der Waals surface area contributed by atoms with E-state index in [0.29, 0.717) is 53.1 Å². The van der Waals surface area contributed by atoms with E-state index in [1.807, 2.05) is 43.3 Å². The van der Waals surface area contributed by atoms with Crippen molar-refractivity contribution in [3.8, 4) is 22.6 Å². The van der Waals surface area contributed by atoms with Gasteiger partial charge in [-0.05, 0) is 43.9 Å². The Balaban J connectivity index is 1.72. The molecular formula is C28H28FN5O3. The second-order valence-corrected chi connectivity index (χ2v) is 8.47. The monoisotopic (exact) mass is 501 g/mol. The number of anilines is 3. The summed E-state index contributed by atoms with van der Waals surface area (Å²) in [6.07, 6.45) is 2.88. The summed E-state index contributed by atoms with van der Waals surface area (Å²) in [6, 6.07) is 15.4. The molecule has 4 rings (SSSR count). The minimum absolute atomic E-state index is 0.303. The molecule has 0 atom stereocenters. The number of ether oxygens (including phenoxy) is 2. The lowest BCUT2D eigenvalue weighted by Gasteiger charge is -2.18. The first-order chi connectivity index (χ1) is 17.9. The molecule has 0 unspecified atom stereocenters. The molecular weight excluding hydrogens is 473 g/mol. The van der Waals surface area contributed by atoms with Crippen LogP contribution in [0.1, 0.15) is 0 Å². The second kappa shape index (κ2) is 11.5. The number of aromatic nitrogens is 2. The number of amides is 1. The van der Waals surface area contributed by atoms with E-state index < -0.39 is 0 Å². The van der Waals surface area contributed by atoms with Crippen molar-refractivity contribution in [1.29, 1.82) is 0 Å². The number of halogens is 1. The highest BCUT2D eigenvalue weighted by molar-refractivity contribution is 6.00. The van der Waals surface area contributed by atoms with Gasteiger partial charge in [0, 0.05) is 29.8 Å². The first-order valence-electron chi connectivity index (χ1n) is 11.6. The molecule has 1 aromatic heterocycles. The van der Waals surface area contributed by atoms with Gasteiger partial charge in [-0.25, -0.2) is 14.4 Å². The maximum Gasteiger partial charge on any atom is 0.247 e. The van der Waals surface area contributed by atoms with E-state index in [1.165, 1.54) is 25.3 Å². The summed E-state index contributed by atoms with van der Waals surface area (Å²) in [6.45, 7) is 4.62. The van der Waals surface area contributed by atoms with Crippen LogP contribution in [0.25, 0.3) is 22.0 Å². The number of nitrogens with one attached hydrogen (secondary N) is 2. The summed E-state index contributed by atoms with van der Waals surface area (Å²) >= 11 is 0. The molecule has 8 nitrogen and oxygen atoms in total. The number of methoxy groups -OCH3 is 1. The van der Waals surface area contributed by atoms with Gasteiger partial charge in [0.05, 0.1) is 24.0 Å². The Kier molecular flexibility index (Phi) is 7.95. The van der Waals surface area contributed by atoms with E-state index in [-0.39, 0.29) is 11.7 Å². The Morgan fingerprint density at radius 3 is 2.65 bits per heavy atom. The third kappa shape index (κ3) is 6.20. The van der Waals surface area contributed by atoms with Gasteiger partial charge < -0.3 is 25.0 Å². The average molecular weight is 502 g/mol. The van der Waals surface area contributed by atoms with Gasteiger partial charge in [0.25, 0.3) is 0 Å². The van der Waals surface area contributed by atoms with E-state index >= 15 is 0 Å². The third-order valence-corrected chi connectivity index (χ3v) is 5.53. The number of para-hydroxylation sites is 1. The summed E-state index contributed by atoms with van der Waals surface area (Å²) in [4.78, 5) is 23.2. The number of nitrogens with zero attached hydrogens (tertiary/aromatic N) is 3. The zero-order chi connectivity index (χ0) is 26.4. The van der Waals surface area contributed by atoms with Crippen LogP contribution >= 0.6 is 0 Å². The van der Waals surface area contributed by atoms with Gasteiger partial charge in [0.2, 0.25) is 11.9 Å². The van der Waals surface area contributed by atoms with Crippen molar-refractivity contribution in [2.24, 2.45) is 0 Å². The quantitative estimate of drug-likeness (QED) is 0.287. The van der Waals surface area contributed by atoms with Crippen LogP contribution in [-0.2, 0) is 4.79 Å². The van der Waals surface area contributed by atoms with Gasteiger partial charge in [0.1, 0.15) is 23.9 Å². The predicted molar refractivity (Wildman–Crippen MR) is 144 cm³/mol. The van der Waals surface area contributed by atoms with Crippen molar-refractivity contribution in [2.75, 3.05) is 45.0 Å². The van der Waals surface area contributed by atoms with Crippen molar-refractivity contribution in [1.82, 2.24) is 14.9 Å². The molecule has 9 heteroatoms. The summed E-state index contributed by atoms with van der Waals surface area (Å²) in [5, 5.41) is 6.76. The zero-order valence-corrected chi connectivity index (χ0v) is 20.9. The number of fused-ring (bicyclic) bond motifs is 1. The van der Waals surface area contributed by atoms with Crippen molar-refractivity contribution in [2.45, 2.75) is 0 Å². The Morgan fingerprint density at radius 1 is 1.11 bits per heavy atom. The van der Waals surface area contributed by atoms with Gasteiger partial charge in [0.15, 0.2) is 0 Å². The van der Waals surface area contributed by atoms with Crippen molar-refractivity contribution in [3.05, 3.63) is 79.3 Å². The molecule has 0 aliphatic heterocycles. The average Bonchev–Trinajstić information content (AvgIpc) is 2.89. The molecule has 0 fully saturated rings. The molecule has 37 heavy (non-hydrogen) atoms. The molecule has 1 heterocycles. The summed E-state index contributed by atoms with van der Waals surface area (Å²) in [7, 11) is 5.43. The van der Waals surface area contributed by atoms with Crippen LogP contribution in [0.4, 0.5) is 21.7 Å². The minimum Gasteiger partial charge on any atom is -0.494 e. The van der Waals surface area contributed by atoms with E-state index in [1.54, 1.807) is 24.4 Å². The molecule has 0 aliphatic rings. The number of hydrogen-bond donors (Lipinski definition) is 2. The van der Waals surface area contributed by atoms with Crippen LogP contribution < -0.4 is 20.1 Å². The molecule has 4 aromatic rings. The minimum atomic E-state index is -0.379. The van der Waals surface area contributed by atoms with Gasteiger partial charge in [-0.1, -0.05) is 36.9 Å². The summed E-state index contributed by atoms with van der Waals surface area (Å²) in [5.74, 6) is 0.520. The van der Waals surface area contributed by atoms with Crippen LogP contribution in [-0.4, -0.2) is 55.1 Å².